The van der Waals surface area contributed by atoms with Crippen LogP contribution >= 0.6 is 0 Å². The Morgan fingerprint density at radius 2 is 0.735 bits per heavy atom. The average molecular weight is 634 g/mol. The predicted molar refractivity (Wildman–Crippen MR) is 206 cm³/mol. The van der Waals surface area contributed by atoms with Crippen molar-refractivity contribution in [3.8, 4) is 44.5 Å². The van der Waals surface area contributed by atoms with E-state index in [1.165, 1.54) is 0 Å². The van der Waals surface area contributed by atoms with Crippen molar-refractivity contribution >= 4 is 32.3 Å². The summed E-state index contributed by atoms with van der Waals surface area (Å²) in [4.78, 5) is 0. The largest absolute Gasteiger partial charge is 0.0725 e. The van der Waals surface area contributed by atoms with Crippen LogP contribution in [0.15, 0.2) is 182 Å². The molecule has 0 amide bonds. The highest BCUT2D eigenvalue weighted by molar-refractivity contribution is 6.25. The number of hydrogen-bond donors (Lipinski definition) is 0. The normalized spacial score (nSPS) is 17.8. The summed E-state index contributed by atoms with van der Waals surface area (Å²) >= 11 is 0. The Labute approximate surface area is 306 Å². The fourth-order valence-electron chi connectivity index (χ4n) is 8.12. The molecule has 9 aromatic carbocycles. The Hall–Kier alpha value is -6.24. The number of fused-ring (bicyclic) bond motifs is 16. The quantitative estimate of drug-likeness (QED) is 0.166. The van der Waals surface area contributed by atoms with Gasteiger partial charge in [0, 0.05) is 0 Å². The molecule has 0 saturated carbocycles. The minimum absolute atomic E-state index is 0.0290. The molecule has 0 fully saturated rings. The predicted octanol–water partition coefficient (Wildman–Crippen LogP) is 12.8. The summed E-state index contributed by atoms with van der Waals surface area (Å²) in [6, 6.07) is 20.8. The van der Waals surface area contributed by atoms with Crippen molar-refractivity contribution in [3.63, 3.8) is 0 Å². The highest BCUT2D eigenvalue weighted by Crippen LogP contribution is 2.62. The minimum atomic E-state index is -0.725. The lowest BCUT2D eigenvalue weighted by Gasteiger charge is -2.30. The highest BCUT2D eigenvalue weighted by Gasteiger charge is 2.51. The fourth-order valence-corrected chi connectivity index (χ4v) is 8.12. The molecule has 0 N–H and O–H groups in total. The van der Waals surface area contributed by atoms with E-state index in [1.54, 1.807) is 6.07 Å². The molecule has 0 atom stereocenters. The van der Waals surface area contributed by atoms with Crippen molar-refractivity contribution in [1.29, 1.82) is 0 Å². The minimum Gasteiger partial charge on any atom is -0.0619 e. The van der Waals surface area contributed by atoms with E-state index in [0.29, 0.717) is 5.56 Å². The van der Waals surface area contributed by atoms with Crippen LogP contribution in [0.5, 0.6) is 0 Å². The van der Waals surface area contributed by atoms with Gasteiger partial charge in [-0.15, -0.1) is 0 Å². The molecule has 2 aliphatic carbocycles. The first kappa shape index (κ1) is 16.2. The zero-order chi connectivity index (χ0) is 45.2. The van der Waals surface area contributed by atoms with Crippen LogP contribution in [0, 0.1) is 0 Å². The van der Waals surface area contributed by atoms with Gasteiger partial charge in [0.1, 0.15) is 0 Å². The van der Waals surface area contributed by atoms with Crippen molar-refractivity contribution in [1.82, 2.24) is 0 Å². The zero-order valence-corrected chi connectivity index (χ0v) is 25.7. The second-order valence-corrected chi connectivity index (χ2v) is 12.4. The third-order valence-corrected chi connectivity index (χ3v) is 10.1. The molecular weight excluding hydrogens is 589 g/mol. The molecule has 226 valence electrons. The van der Waals surface area contributed by atoms with Crippen LogP contribution in [-0.4, -0.2) is 0 Å². The van der Waals surface area contributed by atoms with Crippen LogP contribution in [0.3, 0.4) is 0 Å². The Kier molecular flexibility index (Phi) is 3.28. The van der Waals surface area contributed by atoms with Crippen LogP contribution in [-0.2, 0) is 5.41 Å². The van der Waals surface area contributed by atoms with Crippen LogP contribution in [0.25, 0.3) is 76.8 Å². The van der Waals surface area contributed by atoms with Crippen molar-refractivity contribution in [2.75, 3.05) is 0 Å². The van der Waals surface area contributed by atoms with Gasteiger partial charge in [-0.05, 0) is 111 Å². The lowest BCUT2D eigenvalue weighted by atomic mass is 9.70. The van der Waals surface area contributed by atoms with Gasteiger partial charge in [0.2, 0.25) is 0 Å². The van der Waals surface area contributed by atoms with Crippen LogP contribution in [0.1, 0.15) is 42.8 Å². The monoisotopic (exact) mass is 633 g/mol. The molecule has 9 aromatic rings. The van der Waals surface area contributed by atoms with Crippen molar-refractivity contribution < 1.29 is 20.6 Å². The second-order valence-electron chi connectivity index (χ2n) is 12.4. The Balaban J connectivity index is 1.19. The van der Waals surface area contributed by atoms with Crippen LogP contribution < -0.4 is 0 Å². The summed E-state index contributed by atoms with van der Waals surface area (Å²) in [5.74, 6) is 0. The van der Waals surface area contributed by atoms with Gasteiger partial charge in [-0.1, -0.05) is 170 Å². The molecule has 0 aromatic heterocycles. The fraction of sp³-hybridized carbons (Fsp3) is 0.0204. The van der Waals surface area contributed by atoms with E-state index in [2.05, 4.69) is 30.3 Å². The van der Waals surface area contributed by atoms with E-state index in [1.807, 2.05) is 54.6 Å². The van der Waals surface area contributed by atoms with E-state index >= 15 is 0 Å². The zero-order valence-electron chi connectivity index (χ0n) is 40.7. The van der Waals surface area contributed by atoms with Gasteiger partial charge in [-0.25, -0.2) is 0 Å². The van der Waals surface area contributed by atoms with E-state index in [9.17, 15) is 9.60 Å². The SMILES string of the molecule is [2H]c1c([2H])c(-c2c([2H])c([2H])c3c4c([2H])c([2H])c([2H])c([2H])c4c4c([2H])c([2H])c([2H])c([2H])c4c3c2[2H])c([2H])c([2H])c1-c1ccc2c(c1)-c1ccccc1C21c2ccccc2-c2ccccc21. The third-order valence-electron chi connectivity index (χ3n) is 10.1. The molecule has 11 rings (SSSR count). The maximum Gasteiger partial charge on any atom is 0.0725 e. The van der Waals surface area contributed by atoms with E-state index in [0.717, 1.165) is 44.5 Å². The molecule has 0 nitrogen and oxygen atoms in total. The van der Waals surface area contributed by atoms with Gasteiger partial charge in [-0.3, -0.25) is 0 Å². The maximum absolute atomic E-state index is 9.63. The number of rotatable bonds is 2. The van der Waals surface area contributed by atoms with Crippen molar-refractivity contribution in [3.05, 3.63) is 204 Å². The summed E-state index contributed by atoms with van der Waals surface area (Å²) < 4.78 is 135. The Morgan fingerprint density at radius 1 is 0.327 bits per heavy atom. The van der Waals surface area contributed by atoms with Crippen LogP contribution in [0.2, 0.25) is 0 Å². The van der Waals surface area contributed by atoms with Crippen LogP contribution in [0.4, 0.5) is 0 Å². The molecule has 0 heterocycles. The Bertz CT molecular complexity index is 3570. The van der Waals surface area contributed by atoms with E-state index in [4.69, 9.17) is 11.0 Å². The first-order valence-electron chi connectivity index (χ1n) is 23.5. The molecule has 1 spiro atoms. The highest BCUT2D eigenvalue weighted by atomic mass is 14.5. The van der Waals surface area contributed by atoms with Gasteiger partial charge in [-0.2, -0.15) is 0 Å². The standard InChI is InChI=1S/C49H30/c1-2-13-37-35(11-1)36-12-3-4-14-38(36)43-29-33(25-27-39(37)43)31-21-23-32(24-22-31)34-26-28-48-44(30-34)42-17-7-10-20-47(42)49(48)45-18-8-5-15-40(45)41-16-6-9-19-46(41)49/h1-30H/i1D,2D,3D,4D,11D,12D,13D,14D,21D,22D,23D,24D,25D,27D,29D. The van der Waals surface area contributed by atoms with Gasteiger partial charge in [0.05, 0.1) is 26.0 Å². The van der Waals surface area contributed by atoms with Gasteiger partial charge in [0.25, 0.3) is 0 Å². The summed E-state index contributed by atoms with van der Waals surface area (Å²) in [6.45, 7) is 0. The number of hydrogen-bond acceptors (Lipinski definition) is 0. The second kappa shape index (κ2) is 9.89. The van der Waals surface area contributed by atoms with Gasteiger partial charge >= 0.3 is 0 Å². The van der Waals surface area contributed by atoms with Crippen molar-refractivity contribution in [2.24, 2.45) is 0 Å². The molecule has 0 radical (unpaired) electrons. The lowest BCUT2D eigenvalue weighted by molar-refractivity contribution is 0.794. The summed E-state index contributed by atoms with van der Waals surface area (Å²) in [5.41, 5.74) is 7.13. The molecule has 49 heavy (non-hydrogen) atoms. The topological polar surface area (TPSA) is 0 Å². The summed E-state index contributed by atoms with van der Waals surface area (Å²) in [6.07, 6.45) is 0. The first-order valence-corrected chi connectivity index (χ1v) is 16.0. The molecule has 0 saturated heterocycles. The third kappa shape index (κ3) is 3.53. The van der Waals surface area contributed by atoms with Gasteiger partial charge in [0.15, 0.2) is 0 Å². The Morgan fingerprint density at radius 3 is 1.29 bits per heavy atom. The molecule has 0 bridgehead atoms. The van der Waals surface area contributed by atoms with Crippen molar-refractivity contribution in [2.45, 2.75) is 5.41 Å². The van der Waals surface area contributed by atoms with E-state index in [-0.39, 0.29) is 37.9 Å². The smallest absolute Gasteiger partial charge is 0.0619 e. The molecule has 2 aliphatic rings. The average Bonchev–Trinajstić information content (AvgIpc) is 3.77. The van der Waals surface area contributed by atoms with E-state index < -0.39 is 107 Å². The molecule has 0 heteroatoms. The summed E-state index contributed by atoms with van der Waals surface area (Å²) in [5, 5.41) is -1.98. The lowest BCUT2D eigenvalue weighted by Crippen LogP contribution is -2.25. The summed E-state index contributed by atoms with van der Waals surface area (Å²) in [7, 11) is 0. The molecule has 0 unspecified atom stereocenters. The molecule has 0 aliphatic heterocycles. The first-order chi connectivity index (χ1) is 30.6. The maximum atomic E-state index is 9.63. The molecular formula is C49H30. The van der Waals surface area contributed by atoms with Gasteiger partial charge < -0.3 is 0 Å². The number of benzene rings is 9.